The van der Waals surface area contributed by atoms with Crippen LogP contribution in [0.3, 0.4) is 0 Å². The maximum Gasteiger partial charge on any atom is 0.251 e. The molecule has 0 unspecified atom stereocenters. The number of amides is 1. The smallest absolute Gasteiger partial charge is 0.251 e. The molecule has 3 heterocycles. The zero-order chi connectivity index (χ0) is 37.9. The largest absolute Gasteiger partial charge is 0.611 e. The second-order valence-electron chi connectivity index (χ2n) is 14.1. The van der Waals surface area contributed by atoms with Crippen LogP contribution >= 0.6 is 0 Å². The van der Waals surface area contributed by atoms with Crippen LogP contribution in [0.4, 0.5) is 11.4 Å². The average molecular weight is 754 g/mol. The van der Waals surface area contributed by atoms with Crippen molar-refractivity contribution in [3.63, 3.8) is 0 Å². The highest BCUT2D eigenvalue weighted by Crippen LogP contribution is 2.33. The molecule has 0 saturated carbocycles. The van der Waals surface area contributed by atoms with Gasteiger partial charge >= 0.3 is 0 Å². The summed E-state index contributed by atoms with van der Waals surface area (Å²) in [4.78, 5) is 23.7. The number of morpholine rings is 1. The van der Waals surface area contributed by atoms with Crippen molar-refractivity contribution in [2.24, 2.45) is 0 Å². The lowest BCUT2D eigenvalue weighted by molar-refractivity contribution is -0.112. The van der Waals surface area contributed by atoms with Gasteiger partial charge in [-0.1, -0.05) is 31.5 Å². The van der Waals surface area contributed by atoms with E-state index >= 15 is 0 Å². The Labute approximate surface area is 323 Å². The van der Waals surface area contributed by atoms with Gasteiger partial charge in [-0.2, -0.15) is 0 Å². The van der Waals surface area contributed by atoms with Crippen molar-refractivity contribution >= 4 is 34.5 Å². The highest BCUT2D eigenvalue weighted by Gasteiger charge is 2.25. The summed E-state index contributed by atoms with van der Waals surface area (Å²) in [5, 5.41) is 3.11. The third kappa shape index (κ3) is 10.5. The van der Waals surface area contributed by atoms with Crippen molar-refractivity contribution in [3.05, 3.63) is 95.6 Å². The second kappa shape index (κ2) is 19.5. The average Bonchev–Trinajstić information content (AvgIpc) is 3.53. The van der Waals surface area contributed by atoms with E-state index in [1.165, 1.54) is 0 Å². The van der Waals surface area contributed by atoms with E-state index in [2.05, 4.69) is 71.3 Å². The number of anilines is 2. The molecule has 1 aromatic heterocycles. The van der Waals surface area contributed by atoms with Gasteiger partial charge in [-0.25, -0.2) is 4.98 Å². The highest BCUT2D eigenvalue weighted by atomic mass is 32.2. The summed E-state index contributed by atoms with van der Waals surface area (Å²) in [5.74, 6) is 1.07. The van der Waals surface area contributed by atoms with Crippen molar-refractivity contribution in [1.82, 2.24) is 14.5 Å². The maximum atomic E-state index is 13.9. The summed E-state index contributed by atoms with van der Waals surface area (Å²) >= 11 is -1.23. The number of carbonyl (C=O) groups is 1. The van der Waals surface area contributed by atoms with Gasteiger partial charge in [0, 0.05) is 56.3 Å². The van der Waals surface area contributed by atoms with Crippen molar-refractivity contribution < 1.29 is 23.6 Å². The van der Waals surface area contributed by atoms with Gasteiger partial charge < -0.3 is 38.4 Å². The predicted molar refractivity (Wildman–Crippen MR) is 218 cm³/mol. The minimum Gasteiger partial charge on any atom is -0.611 e. The van der Waals surface area contributed by atoms with E-state index in [1.807, 2.05) is 54.0 Å². The topological polar surface area (TPSA) is 104 Å². The predicted octanol–water partition coefficient (Wildman–Crippen LogP) is 7.33. The van der Waals surface area contributed by atoms with Crippen LogP contribution in [-0.4, -0.2) is 90.7 Å². The lowest BCUT2D eigenvalue weighted by Crippen LogP contribution is -2.46. The monoisotopic (exact) mass is 753 g/mol. The summed E-state index contributed by atoms with van der Waals surface area (Å²) in [7, 11) is 2.14. The Kier molecular flexibility index (Phi) is 14.3. The third-order valence-electron chi connectivity index (χ3n) is 10.1. The number of aromatic nitrogens is 2. The molecule has 54 heavy (non-hydrogen) atoms. The number of hydrogen-bond acceptors (Lipinski definition) is 8. The van der Waals surface area contributed by atoms with Gasteiger partial charge in [-0.3, -0.25) is 4.79 Å². The number of nitrogens with zero attached hydrogens (tertiary/aromatic N) is 4. The number of ether oxygens (including phenoxy) is 3. The molecule has 0 radical (unpaired) electrons. The number of carbonyl (C=O) groups excluding carboxylic acids is 1. The normalized spacial score (nSPS) is 17.9. The van der Waals surface area contributed by atoms with Crippen LogP contribution in [0.5, 0.6) is 5.75 Å². The number of aryl methyl sites for hydroxylation is 2. The van der Waals surface area contributed by atoms with Gasteiger partial charge in [-0.05, 0) is 123 Å². The number of hydrogen-bond donors (Lipinski definition) is 1. The Morgan fingerprint density at radius 2 is 1.81 bits per heavy atom. The molecule has 1 saturated heterocycles. The molecule has 2 atom stereocenters. The van der Waals surface area contributed by atoms with E-state index in [9.17, 15) is 9.35 Å². The lowest BCUT2D eigenvalue weighted by Gasteiger charge is -2.36. The van der Waals surface area contributed by atoms with Crippen LogP contribution < -0.4 is 15.0 Å². The minimum absolute atomic E-state index is 0.113. The molecule has 4 aromatic rings. The SMILES string of the molecule is CCCCOCCOc1ccc(-c2ccc3c(c2)/C=C(/C(=O)Nc2ccc([S@+]([O-])Cc4c(C)ncn4CC)cc2)CCCN3C[C@H]2CN(C)CCO2)cc1. The van der Waals surface area contributed by atoms with E-state index in [0.29, 0.717) is 36.0 Å². The molecule has 0 aliphatic carbocycles. The number of fused-ring (bicyclic) bond motifs is 1. The van der Waals surface area contributed by atoms with Crippen LogP contribution in [0.15, 0.2) is 83.5 Å². The second-order valence-corrected chi connectivity index (χ2v) is 15.6. The van der Waals surface area contributed by atoms with Crippen LogP contribution in [0.1, 0.15) is 56.5 Å². The molecule has 0 spiro atoms. The van der Waals surface area contributed by atoms with Gasteiger partial charge in [0.15, 0.2) is 10.6 Å². The lowest BCUT2D eigenvalue weighted by atomic mass is 9.96. The first kappa shape index (κ1) is 39.6. The standard InChI is InChI=1S/C43H55N5O5S/c1-5-7-22-51-24-25-53-38-15-10-33(11-16-38)34-12-19-41-36(26-34)27-35(9-8-20-48(41)29-39-28-46(4)21-23-52-39)43(49)45-37-13-17-40(18-14-37)54(50)30-42-32(3)44-31-47(42)6-2/h10-19,26-27,31,39H,5-9,20-25,28-30H2,1-4H3,(H,45,49)/b35-27+/t39-,54-/m1/s1. The van der Waals surface area contributed by atoms with E-state index < -0.39 is 11.2 Å². The summed E-state index contributed by atoms with van der Waals surface area (Å²) in [6.07, 6.45) is 7.61. The summed E-state index contributed by atoms with van der Waals surface area (Å²) < 4.78 is 33.0. The van der Waals surface area contributed by atoms with Crippen LogP contribution in [0.25, 0.3) is 17.2 Å². The Hall–Kier alpha value is -4.13. The zero-order valence-electron chi connectivity index (χ0n) is 32.2. The molecular formula is C43H55N5O5S. The fourth-order valence-corrected chi connectivity index (χ4v) is 8.19. The molecule has 2 aliphatic rings. The number of unbranched alkanes of at least 4 members (excludes halogenated alkanes) is 1. The maximum absolute atomic E-state index is 13.9. The van der Waals surface area contributed by atoms with Crippen molar-refractivity contribution in [2.75, 3.05) is 69.9 Å². The first-order valence-corrected chi connectivity index (χ1v) is 20.6. The summed E-state index contributed by atoms with van der Waals surface area (Å²) in [6.45, 7) is 13.0. The van der Waals surface area contributed by atoms with E-state index in [0.717, 1.165) is 110 Å². The number of imidazole rings is 1. The highest BCUT2D eigenvalue weighted by molar-refractivity contribution is 7.90. The van der Waals surface area contributed by atoms with Crippen molar-refractivity contribution in [1.29, 1.82) is 0 Å². The Morgan fingerprint density at radius 3 is 2.57 bits per heavy atom. The molecule has 11 heteroatoms. The van der Waals surface area contributed by atoms with E-state index in [1.54, 1.807) is 6.33 Å². The van der Waals surface area contributed by atoms with Gasteiger partial charge in [0.2, 0.25) is 0 Å². The Bertz CT molecular complexity index is 1840. The van der Waals surface area contributed by atoms with Crippen LogP contribution in [0.2, 0.25) is 0 Å². The number of benzene rings is 3. The van der Waals surface area contributed by atoms with Crippen LogP contribution in [0, 0.1) is 6.92 Å². The molecule has 1 N–H and O–H groups in total. The Balaban J connectivity index is 1.19. The summed E-state index contributed by atoms with van der Waals surface area (Å²) in [5.41, 5.74) is 7.50. The Morgan fingerprint density at radius 1 is 1.02 bits per heavy atom. The van der Waals surface area contributed by atoms with Gasteiger partial charge in [-0.15, -0.1) is 0 Å². The molecule has 3 aromatic carbocycles. The van der Waals surface area contributed by atoms with Crippen molar-refractivity contribution in [3.8, 4) is 16.9 Å². The summed E-state index contributed by atoms with van der Waals surface area (Å²) in [6, 6.07) is 22.0. The molecule has 288 valence electrons. The van der Waals surface area contributed by atoms with Gasteiger partial charge in [0.05, 0.1) is 37.0 Å². The minimum atomic E-state index is -1.23. The van der Waals surface area contributed by atoms with E-state index in [-0.39, 0.29) is 12.0 Å². The third-order valence-corrected chi connectivity index (χ3v) is 11.4. The molecular weight excluding hydrogens is 699 g/mol. The molecule has 2 aliphatic heterocycles. The molecule has 0 bridgehead atoms. The van der Waals surface area contributed by atoms with Crippen molar-refractivity contribution in [2.45, 2.75) is 69.8 Å². The fraction of sp³-hybridized carbons (Fsp3) is 0.442. The molecule has 1 amide bonds. The first-order valence-electron chi connectivity index (χ1n) is 19.3. The first-order chi connectivity index (χ1) is 26.3. The van der Waals surface area contributed by atoms with E-state index in [4.69, 9.17) is 14.2 Å². The number of likely N-dealkylation sites (N-methyl/N-ethyl adjacent to an activating group) is 1. The van der Waals surface area contributed by atoms with Gasteiger partial charge in [0.25, 0.3) is 5.91 Å². The number of nitrogens with one attached hydrogen (secondary N) is 1. The number of rotatable bonds is 16. The molecule has 1 fully saturated rings. The van der Waals surface area contributed by atoms with Gasteiger partial charge in [0.1, 0.15) is 12.4 Å². The molecule has 6 rings (SSSR count). The van der Waals surface area contributed by atoms with Crippen LogP contribution in [-0.2, 0) is 37.7 Å². The fourth-order valence-electron chi connectivity index (χ4n) is 6.96. The molecule has 10 nitrogen and oxygen atoms in total. The quantitative estimate of drug-likeness (QED) is 0.0938. The zero-order valence-corrected chi connectivity index (χ0v) is 33.0.